The predicted molar refractivity (Wildman–Crippen MR) is 84.4 cm³/mol. The lowest BCUT2D eigenvalue weighted by molar-refractivity contribution is 0.0823. The van der Waals surface area contributed by atoms with Gasteiger partial charge in [0.1, 0.15) is 0 Å². The van der Waals surface area contributed by atoms with Crippen LogP contribution in [0.1, 0.15) is 26.4 Å². The van der Waals surface area contributed by atoms with Crippen molar-refractivity contribution in [3.8, 4) is 0 Å². The number of hydrogen-bond acceptors (Lipinski definition) is 3. The first-order chi connectivity index (χ1) is 10.6. The van der Waals surface area contributed by atoms with E-state index in [0.29, 0.717) is 16.5 Å². The van der Waals surface area contributed by atoms with Crippen molar-refractivity contribution in [2.75, 3.05) is 0 Å². The van der Waals surface area contributed by atoms with E-state index in [4.69, 9.17) is 11.6 Å². The quantitative estimate of drug-likeness (QED) is 0.508. The Bertz CT molecular complexity index is 883. The highest BCUT2D eigenvalue weighted by Crippen LogP contribution is 2.42. The van der Waals surface area contributed by atoms with Crippen LogP contribution in [-0.2, 0) is 4.87 Å². The zero-order valence-electron chi connectivity index (χ0n) is 11.4. The average molecular weight is 308 g/mol. The maximum Gasteiger partial charge on any atom is 0.211 e. The first-order valence-electron chi connectivity index (χ1n) is 6.86. The van der Waals surface area contributed by atoms with E-state index in [1.807, 2.05) is 12.1 Å². The number of halogens is 1. The van der Waals surface area contributed by atoms with Crippen molar-refractivity contribution in [1.82, 2.24) is 4.98 Å². The minimum absolute atomic E-state index is 0.262. The van der Waals surface area contributed by atoms with Gasteiger partial charge in [0, 0.05) is 22.7 Å². The van der Waals surface area contributed by atoms with Crippen LogP contribution < -0.4 is 0 Å². The van der Waals surface area contributed by atoms with Crippen molar-refractivity contribution in [1.29, 1.82) is 0 Å². The first-order valence-corrected chi connectivity index (χ1v) is 7.23. The van der Waals surface area contributed by atoms with E-state index in [1.165, 1.54) is 6.20 Å². The van der Waals surface area contributed by atoms with Crippen molar-refractivity contribution in [3.63, 3.8) is 0 Å². The third-order valence-corrected chi connectivity index (χ3v) is 4.57. The summed E-state index contributed by atoms with van der Waals surface area (Å²) in [5.74, 6) is -0.829. The molecule has 0 saturated carbocycles. The van der Waals surface area contributed by atoms with Crippen molar-refractivity contribution < 1.29 is 9.59 Å². The number of alkyl halides is 1. The second-order valence-electron chi connectivity index (χ2n) is 5.24. The molecule has 0 saturated heterocycles. The van der Waals surface area contributed by atoms with Gasteiger partial charge in [-0.25, -0.2) is 0 Å². The molecule has 0 amide bonds. The number of Topliss-reactive ketones (excluding diaryl/α,β-unsaturated/α-hetero) is 2. The lowest BCUT2D eigenvalue weighted by Crippen LogP contribution is -2.42. The van der Waals surface area contributed by atoms with Crippen molar-refractivity contribution >= 4 is 33.9 Å². The van der Waals surface area contributed by atoms with E-state index in [1.54, 1.807) is 42.5 Å². The second kappa shape index (κ2) is 4.49. The molecule has 0 N–H and O–H groups in total. The van der Waals surface area contributed by atoms with E-state index in [-0.39, 0.29) is 5.69 Å². The minimum atomic E-state index is -1.79. The van der Waals surface area contributed by atoms with Gasteiger partial charge in [0.25, 0.3) is 0 Å². The molecule has 2 aromatic carbocycles. The minimum Gasteiger partial charge on any atom is -0.291 e. The largest absolute Gasteiger partial charge is 0.291 e. The topological polar surface area (TPSA) is 47.0 Å². The number of aromatic nitrogens is 1. The Hall–Kier alpha value is -2.52. The van der Waals surface area contributed by atoms with Crippen LogP contribution in [0, 0.1) is 0 Å². The van der Waals surface area contributed by atoms with Gasteiger partial charge in [-0.2, -0.15) is 0 Å². The molecular weight excluding hydrogens is 298 g/mol. The molecule has 3 aromatic rings. The summed E-state index contributed by atoms with van der Waals surface area (Å²) in [5.41, 5.74) is 1.19. The Labute approximate surface area is 131 Å². The summed E-state index contributed by atoms with van der Waals surface area (Å²) in [6.07, 6.45) is 1.53. The number of hydrogen-bond donors (Lipinski definition) is 0. The van der Waals surface area contributed by atoms with Crippen LogP contribution >= 0.6 is 11.6 Å². The molecule has 0 unspecified atom stereocenters. The second-order valence-corrected chi connectivity index (χ2v) is 5.81. The fourth-order valence-electron chi connectivity index (χ4n) is 2.99. The van der Waals surface area contributed by atoms with Crippen molar-refractivity contribution in [2.45, 2.75) is 4.87 Å². The van der Waals surface area contributed by atoms with E-state index in [2.05, 4.69) is 4.98 Å². The molecule has 1 heterocycles. The highest BCUT2D eigenvalue weighted by molar-refractivity contribution is 6.54. The van der Waals surface area contributed by atoms with Gasteiger partial charge in [-0.3, -0.25) is 14.6 Å². The molecule has 0 radical (unpaired) electrons. The highest BCUT2D eigenvalue weighted by atomic mass is 35.5. The van der Waals surface area contributed by atoms with Crippen LogP contribution in [0.15, 0.2) is 60.8 Å². The summed E-state index contributed by atoms with van der Waals surface area (Å²) in [5, 5.41) is 1.53. The van der Waals surface area contributed by atoms with Crippen LogP contribution in [0.4, 0.5) is 0 Å². The molecule has 3 nitrogen and oxygen atoms in total. The van der Waals surface area contributed by atoms with Gasteiger partial charge in [0.2, 0.25) is 4.87 Å². The first kappa shape index (κ1) is 13.2. The molecule has 4 rings (SSSR count). The number of rotatable bonds is 1. The Morgan fingerprint density at radius 2 is 1.45 bits per heavy atom. The maximum absolute atomic E-state index is 12.9. The zero-order valence-corrected chi connectivity index (χ0v) is 12.2. The van der Waals surface area contributed by atoms with Gasteiger partial charge in [0.05, 0.1) is 5.69 Å². The Balaban J connectivity index is 2.08. The van der Waals surface area contributed by atoms with Gasteiger partial charge in [-0.15, -0.1) is 0 Å². The van der Waals surface area contributed by atoms with Gasteiger partial charge in [0.15, 0.2) is 11.6 Å². The van der Waals surface area contributed by atoms with Crippen molar-refractivity contribution in [2.24, 2.45) is 0 Å². The Morgan fingerprint density at radius 3 is 2.00 bits per heavy atom. The SMILES string of the molecule is O=C1c2cccc3cccc(c23)C(=O)C1(Cl)c1ccccn1. The summed E-state index contributed by atoms with van der Waals surface area (Å²) in [6, 6.07) is 15.8. The fraction of sp³-hybridized carbons (Fsp3) is 0.0556. The molecule has 0 aliphatic heterocycles. The molecule has 22 heavy (non-hydrogen) atoms. The smallest absolute Gasteiger partial charge is 0.211 e. The van der Waals surface area contributed by atoms with Gasteiger partial charge >= 0.3 is 0 Å². The van der Waals surface area contributed by atoms with Gasteiger partial charge in [-0.1, -0.05) is 54.1 Å². The number of benzene rings is 2. The molecule has 0 spiro atoms. The van der Waals surface area contributed by atoms with Crippen LogP contribution in [0.3, 0.4) is 0 Å². The third-order valence-electron chi connectivity index (χ3n) is 4.04. The number of carbonyl (C=O) groups excluding carboxylic acids is 2. The Kier molecular flexibility index (Phi) is 2.68. The van der Waals surface area contributed by atoms with Crippen LogP contribution in [0.25, 0.3) is 10.8 Å². The van der Waals surface area contributed by atoms with Crippen LogP contribution in [0.2, 0.25) is 0 Å². The number of pyridine rings is 1. The van der Waals surface area contributed by atoms with Crippen LogP contribution in [-0.4, -0.2) is 16.6 Å². The van der Waals surface area contributed by atoms with E-state index >= 15 is 0 Å². The van der Waals surface area contributed by atoms with E-state index in [0.717, 1.165) is 5.39 Å². The third kappa shape index (κ3) is 1.54. The lowest BCUT2D eigenvalue weighted by Gasteiger charge is -2.29. The molecule has 4 heteroatoms. The van der Waals surface area contributed by atoms with Crippen molar-refractivity contribution in [3.05, 3.63) is 77.6 Å². The molecule has 0 bridgehead atoms. The molecule has 1 aliphatic carbocycles. The van der Waals surface area contributed by atoms with Gasteiger partial charge in [-0.05, 0) is 17.5 Å². The predicted octanol–water partition coefficient (Wildman–Crippen LogP) is 3.75. The molecular formula is C18H10ClNO2. The van der Waals surface area contributed by atoms with E-state index in [9.17, 15) is 9.59 Å². The normalized spacial score (nSPS) is 16.0. The fourth-order valence-corrected chi connectivity index (χ4v) is 3.31. The van der Waals surface area contributed by atoms with E-state index < -0.39 is 16.4 Å². The summed E-state index contributed by atoms with van der Waals surface area (Å²) < 4.78 is 0. The summed E-state index contributed by atoms with van der Waals surface area (Å²) in [4.78, 5) is 28.2. The standard InChI is InChI=1S/C18H10ClNO2/c19-18(14-9-1-2-10-20-14)16(21)12-7-3-5-11-6-4-8-13(15(11)12)17(18)22/h1-10H. The molecule has 1 aliphatic rings. The number of nitrogens with zero attached hydrogens (tertiary/aromatic N) is 1. The number of ketones is 2. The maximum atomic E-state index is 12.9. The highest BCUT2D eigenvalue weighted by Gasteiger charge is 2.51. The summed E-state index contributed by atoms with van der Waals surface area (Å²) in [6.45, 7) is 0. The number of carbonyl (C=O) groups is 2. The summed E-state index contributed by atoms with van der Waals surface area (Å²) in [7, 11) is 0. The zero-order chi connectivity index (χ0) is 15.3. The molecule has 1 aromatic heterocycles. The molecule has 106 valence electrons. The van der Waals surface area contributed by atoms with Gasteiger partial charge < -0.3 is 0 Å². The molecule has 0 atom stereocenters. The average Bonchev–Trinajstić information content (AvgIpc) is 2.58. The lowest BCUT2D eigenvalue weighted by atomic mass is 9.77. The Morgan fingerprint density at radius 1 is 0.818 bits per heavy atom. The monoisotopic (exact) mass is 307 g/mol. The summed E-state index contributed by atoms with van der Waals surface area (Å²) >= 11 is 6.55. The van der Waals surface area contributed by atoms with Crippen LogP contribution in [0.5, 0.6) is 0 Å². The molecule has 0 fully saturated rings.